The molecule has 1 aromatic heterocycles. The molecule has 0 N–H and O–H groups in total. The van der Waals surface area contributed by atoms with Gasteiger partial charge in [0.05, 0.1) is 12.0 Å². The van der Waals surface area contributed by atoms with E-state index < -0.39 is 0 Å². The Kier molecular flexibility index (Phi) is 3.14. The van der Waals surface area contributed by atoms with Crippen molar-refractivity contribution in [3.05, 3.63) is 18.2 Å². The highest BCUT2D eigenvalue weighted by atomic mass is 15.0. The van der Waals surface area contributed by atoms with Crippen LogP contribution < -0.4 is 0 Å². The van der Waals surface area contributed by atoms with Gasteiger partial charge in [0.2, 0.25) is 0 Å². The molecule has 0 spiro atoms. The average Bonchev–Trinajstić information content (AvgIpc) is 2.38. The van der Waals surface area contributed by atoms with Gasteiger partial charge in [0.1, 0.15) is 0 Å². The second-order valence-electron chi connectivity index (χ2n) is 2.85. The summed E-state index contributed by atoms with van der Waals surface area (Å²) in [5.41, 5.74) is 1.22. The Bertz CT molecular complexity index is 183. The van der Waals surface area contributed by atoms with E-state index in [1.807, 2.05) is 6.33 Å². The lowest BCUT2D eigenvalue weighted by Crippen LogP contribution is -1.91. The lowest BCUT2D eigenvalue weighted by Gasteiger charge is -1.94. The molecule has 0 atom stereocenters. The fourth-order valence-corrected chi connectivity index (χ4v) is 1.17. The largest absolute Gasteiger partial charge is 0.337 e. The fourth-order valence-electron chi connectivity index (χ4n) is 1.17. The molecular weight excluding hydrogens is 136 g/mol. The van der Waals surface area contributed by atoms with Crippen LogP contribution in [-0.4, -0.2) is 9.55 Å². The van der Waals surface area contributed by atoms with Crippen LogP contribution in [0.1, 0.15) is 32.4 Å². The molecule has 2 heteroatoms. The minimum absolute atomic E-state index is 1.09. The first kappa shape index (κ1) is 8.31. The smallest absolute Gasteiger partial charge is 0.0949 e. The monoisotopic (exact) mass is 152 g/mol. The normalized spacial score (nSPS) is 10.4. The zero-order valence-electron chi connectivity index (χ0n) is 7.38. The Labute approximate surface area is 68.3 Å². The lowest BCUT2D eigenvalue weighted by atomic mass is 10.3. The van der Waals surface area contributed by atoms with Crippen LogP contribution in [0.3, 0.4) is 0 Å². The quantitative estimate of drug-likeness (QED) is 0.647. The van der Waals surface area contributed by atoms with Crippen molar-refractivity contribution in [3.63, 3.8) is 0 Å². The van der Waals surface area contributed by atoms with E-state index >= 15 is 0 Å². The molecule has 2 nitrogen and oxygen atoms in total. The third-order valence-corrected chi connectivity index (χ3v) is 1.67. The predicted octanol–water partition coefficient (Wildman–Crippen LogP) is 2.25. The van der Waals surface area contributed by atoms with Crippen LogP contribution in [0.25, 0.3) is 0 Å². The molecule has 0 aliphatic heterocycles. The Morgan fingerprint density at radius 2 is 2.18 bits per heavy atom. The molecule has 0 saturated carbocycles. The van der Waals surface area contributed by atoms with E-state index in [-0.39, 0.29) is 0 Å². The van der Waals surface area contributed by atoms with Gasteiger partial charge < -0.3 is 4.57 Å². The molecular formula is C9H16N2. The molecule has 1 heterocycles. The van der Waals surface area contributed by atoms with Crippen LogP contribution in [0.2, 0.25) is 0 Å². The minimum Gasteiger partial charge on any atom is -0.337 e. The summed E-state index contributed by atoms with van der Waals surface area (Å²) in [7, 11) is 0. The maximum atomic E-state index is 4.29. The van der Waals surface area contributed by atoms with Gasteiger partial charge in [0.15, 0.2) is 0 Å². The number of hydrogen-bond donors (Lipinski definition) is 0. The van der Waals surface area contributed by atoms with Gasteiger partial charge in [-0.1, -0.05) is 20.3 Å². The Hall–Kier alpha value is -0.790. The van der Waals surface area contributed by atoms with Crippen molar-refractivity contribution in [1.82, 2.24) is 9.55 Å². The van der Waals surface area contributed by atoms with E-state index in [2.05, 4.69) is 29.6 Å². The summed E-state index contributed by atoms with van der Waals surface area (Å²) in [6, 6.07) is 0. The second-order valence-corrected chi connectivity index (χ2v) is 2.85. The van der Waals surface area contributed by atoms with E-state index in [1.54, 1.807) is 0 Å². The average molecular weight is 152 g/mol. The highest BCUT2D eigenvalue weighted by Gasteiger charge is 1.94. The Balaban J connectivity index is 2.51. The van der Waals surface area contributed by atoms with Crippen molar-refractivity contribution < 1.29 is 0 Å². The minimum atomic E-state index is 1.09. The van der Waals surface area contributed by atoms with Crippen molar-refractivity contribution in [1.29, 1.82) is 0 Å². The molecule has 11 heavy (non-hydrogen) atoms. The first-order chi connectivity index (χ1) is 5.36. The molecule has 0 fully saturated rings. The van der Waals surface area contributed by atoms with Crippen molar-refractivity contribution in [2.24, 2.45) is 0 Å². The van der Waals surface area contributed by atoms with Gasteiger partial charge in [-0.3, -0.25) is 0 Å². The molecule has 0 aliphatic carbocycles. The maximum Gasteiger partial charge on any atom is 0.0949 e. The molecule has 62 valence electrons. The molecule has 0 saturated heterocycles. The third-order valence-electron chi connectivity index (χ3n) is 1.67. The number of hydrogen-bond acceptors (Lipinski definition) is 1. The summed E-state index contributed by atoms with van der Waals surface area (Å²) in [5, 5.41) is 0. The van der Waals surface area contributed by atoms with Crippen LogP contribution in [-0.2, 0) is 13.0 Å². The highest BCUT2D eigenvalue weighted by Crippen LogP contribution is 2.00. The van der Waals surface area contributed by atoms with Gasteiger partial charge in [-0.05, 0) is 12.8 Å². The number of aromatic nitrogens is 2. The number of imidazole rings is 1. The summed E-state index contributed by atoms with van der Waals surface area (Å²) < 4.78 is 2.16. The maximum absolute atomic E-state index is 4.29. The topological polar surface area (TPSA) is 17.8 Å². The first-order valence-corrected chi connectivity index (χ1v) is 4.37. The standard InChI is InChI=1S/C9H16N2/c1-3-5-9-7-11(6-4-2)8-10-9/h7-8H,3-6H2,1-2H3. The summed E-state index contributed by atoms with van der Waals surface area (Å²) in [6.45, 7) is 5.45. The van der Waals surface area contributed by atoms with Gasteiger partial charge in [-0.15, -0.1) is 0 Å². The molecule has 0 bridgehead atoms. The Morgan fingerprint density at radius 1 is 1.36 bits per heavy atom. The predicted molar refractivity (Wildman–Crippen MR) is 46.5 cm³/mol. The molecule has 0 aromatic carbocycles. The van der Waals surface area contributed by atoms with E-state index in [9.17, 15) is 0 Å². The van der Waals surface area contributed by atoms with Crippen LogP contribution >= 0.6 is 0 Å². The zero-order valence-corrected chi connectivity index (χ0v) is 7.38. The highest BCUT2D eigenvalue weighted by molar-refractivity contribution is 4.96. The molecule has 1 rings (SSSR count). The summed E-state index contributed by atoms with van der Waals surface area (Å²) >= 11 is 0. The van der Waals surface area contributed by atoms with E-state index in [0.717, 1.165) is 13.0 Å². The summed E-state index contributed by atoms with van der Waals surface area (Å²) in [5.74, 6) is 0. The molecule has 0 radical (unpaired) electrons. The van der Waals surface area contributed by atoms with Gasteiger partial charge in [-0.25, -0.2) is 4.98 Å². The van der Waals surface area contributed by atoms with Gasteiger partial charge >= 0.3 is 0 Å². The Morgan fingerprint density at radius 3 is 2.82 bits per heavy atom. The first-order valence-electron chi connectivity index (χ1n) is 4.37. The number of aryl methyl sites for hydroxylation is 2. The van der Waals surface area contributed by atoms with Gasteiger partial charge in [0.25, 0.3) is 0 Å². The molecule has 0 aliphatic rings. The van der Waals surface area contributed by atoms with Crippen LogP contribution in [0.5, 0.6) is 0 Å². The van der Waals surface area contributed by atoms with E-state index in [1.165, 1.54) is 18.5 Å². The van der Waals surface area contributed by atoms with Crippen molar-refractivity contribution >= 4 is 0 Å². The van der Waals surface area contributed by atoms with Gasteiger partial charge in [-0.2, -0.15) is 0 Å². The van der Waals surface area contributed by atoms with Crippen LogP contribution in [0.15, 0.2) is 12.5 Å². The van der Waals surface area contributed by atoms with E-state index in [4.69, 9.17) is 0 Å². The van der Waals surface area contributed by atoms with Gasteiger partial charge in [0, 0.05) is 12.7 Å². The zero-order chi connectivity index (χ0) is 8.10. The second kappa shape index (κ2) is 4.16. The SMILES string of the molecule is CCCc1cn(CCC)cn1. The van der Waals surface area contributed by atoms with Crippen molar-refractivity contribution in [3.8, 4) is 0 Å². The summed E-state index contributed by atoms with van der Waals surface area (Å²) in [6.07, 6.45) is 7.54. The van der Waals surface area contributed by atoms with Crippen molar-refractivity contribution in [2.75, 3.05) is 0 Å². The third kappa shape index (κ3) is 2.37. The van der Waals surface area contributed by atoms with Crippen LogP contribution in [0, 0.1) is 0 Å². The van der Waals surface area contributed by atoms with Crippen molar-refractivity contribution in [2.45, 2.75) is 39.7 Å². The van der Waals surface area contributed by atoms with E-state index in [0.29, 0.717) is 0 Å². The molecule has 1 aromatic rings. The van der Waals surface area contributed by atoms with Crippen LogP contribution in [0.4, 0.5) is 0 Å². The lowest BCUT2D eigenvalue weighted by molar-refractivity contribution is 0.677. The number of nitrogens with zero attached hydrogens (tertiary/aromatic N) is 2. The molecule has 0 unspecified atom stereocenters. The fraction of sp³-hybridized carbons (Fsp3) is 0.667. The number of rotatable bonds is 4. The summed E-state index contributed by atoms with van der Waals surface area (Å²) in [4.78, 5) is 4.29. The molecule has 0 amide bonds.